The summed E-state index contributed by atoms with van der Waals surface area (Å²) in [5, 5.41) is 3.00. The highest BCUT2D eigenvalue weighted by Gasteiger charge is 2.20. The number of rotatable bonds is 6. The molecule has 0 aliphatic heterocycles. The third-order valence-corrected chi connectivity index (χ3v) is 2.35. The molecule has 2 atom stereocenters. The maximum atomic E-state index is 11.8. The average Bonchev–Trinajstić information content (AvgIpc) is 2.16. The van der Waals surface area contributed by atoms with Crippen molar-refractivity contribution in [3.8, 4) is 0 Å². The second-order valence-corrected chi connectivity index (χ2v) is 3.71. The lowest BCUT2D eigenvalue weighted by atomic mass is 10.1. The molecule has 0 saturated heterocycles. The van der Waals surface area contributed by atoms with Crippen molar-refractivity contribution < 1.29 is 9.53 Å². The van der Waals surface area contributed by atoms with Crippen LogP contribution in [0.25, 0.3) is 0 Å². The normalized spacial score (nSPS) is 14.9. The summed E-state index contributed by atoms with van der Waals surface area (Å²) >= 11 is 0. The van der Waals surface area contributed by atoms with E-state index in [-0.39, 0.29) is 17.9 Å². The van der Waals surface area contributed by atoms with E-state index >= 15 is 0 Å². The van der Waals surface area contributed by atoms with Gasteiger partial charge < -0.3 is 15.0 Å². The fraction of sp³-hybridized carbons (Fsp3) is 0.900. The summed E-state index contributed by atoms with van der Waals surface area (Å²) in [5.74, 6) is 0.174. The molecule has 0 heterocycles. The lowest BCUT2D eigenvalue weighted by molar-refractivity contribution is -0.136. The van der Waals surface area contributed by atoms with Gasteiger partial charge in [0.2, 0.25) is 5.91 Å². The van der Waals surface area contributed by atoms with E-state index in [0.29, 0.717) is 13.2 Å². The van der Waals surface area contributed by atoms with Crippen LogP contribution in [-0.2, 0) is 9.53 Å². The molecule has 0 aromatic carbocycles. The van der Waals surface area contributed by atoms with Crippen molar-refractivity contribution in [1.29, 1.82) is 0 Å². The molecule has 4 nitrogen and oxygen atoms in total. The number of hydrogen-bond acceptors (Lipinski definition) is 3. The lowest BCUT2D eigenvalue weighted by Crippen LogP contribution is -2.42. The highest BCUT2D eigenvalue weighted by atomic mass is 16.5. The summed E-state index contributed by atoms with van der Waals surface area (Å²) in [5.41, 5.74) is 0. The van der Waals surface area contributed by atoms with Crippen molar-refractivity contribution in [2.24, 2.45) is 5.92 Å². The van der Waals surface area contributed by atoms with E-state index in [4.69, 9.17) is 4.74 Å². The number of ether oxygens (including phenoxy) is 1. The molecule has 1 amide bonds. The van der Waals surface area contributed by atoms with E-state index in [1.54, 1.807) is 12.0 Å². The number of amides is 1. The fourth-order valence-corrected chi connectivity index (χ4v) is 1.31. The standard InChI is InChI=1S/C10H22N2O2/c1-8(6-11-3)10(13)12(4)9(2)7-14-5/h8-9,11H,6-7H2,1-5H3. The number of nitrogens with zero attached hydrogens (tertiary/aromatic N) is 1. The Labute approximate surface area is 86.6 Å². The molecule has 0 aromatic heterocycles. The molecule has 0 rings (SSSR count). The number of likely N-dealkylation sites (N-methyl/N-ethyl adjacent to an activating group) is 1. The van der Waals surface area contributed by atoms with Gasteiger partial charge in [-0.3, -0.25) is 4.79 Å². The topological polar surface area (TPSA) is 41.6 Å². The maximum Gasteiger partial charge on any atom is 0.226 e. The second-order valence-electron chi connectivity index (χ2n) is 3.71. The molecule has 0 radical (unpaired) electrons. The Morgan fingerprint density at radius 1 is 1.50 bits per heavy atom. The van der Waals surface area contributed by atoms with Gasteiger partial charge in [0.1, 0.15) is 0 Å². The van der Waals surface area contributed by atoms with Gasteiger partial charge in [0.05, 0.1) is 12.6 Å². The summed E-state index contributed by atoms with van der Waals surface area (Å²) in [4.78, 5) is 13.5. The average molecular weight is 202 g/mol. The Hall–Kier alpha value is -0.610. The zero-order valence-electron chi connectivity index (χ0n) is 9.83. The van der Waals surface area contributed by atoms with Crippen LogP contribution in [-0.4, -0.2) is 51.2 Å². The zero-order chi connectivity index (χ0) is 11.1. The fourth-order valence-electron chi connectivity index (χ4n) is 1.31. The van der Waals surface area contributed by atoms with Crippen LogP contribution in [0.2, 0.25) is 0 Å². The molecule has 84 valence electrons. The van der Waals surface area contributed by atoms with Gasteiger partial charge in [-0.25, -0.2) is 0 Å². The molecule has 0 aromatic rings. The number of carbonyl (C=O) groups excluding carboxylic acids is 1. The first-order chi connectivity index (χ1) is 6.54. The highest BCUT2D eigenvalue weighted by Crippen LogP contribution is 2.04. The SMILES string of the molecule is CNCC(C)C(=O)N(C)C(C)COC. The molecule has 4 heteroatoms. The van der Waals surface area contributed by atoms with Gasteiger partial charge in [0.25, 0.3) is 0 Å². The van der Waals surface area contributed by atoms with Gasteiger partial charge in [0, 0.05) is 26.6 Å². The minimum Gasteiger partial charge on any atom is -0.383 e. The van der Waals surface area contributed by atoms with Crippen LogP contribution in [0.15, 0.2) is 0 Å². The van der Waals surface area contributed by atoms with E-state index < -0.39 is 0 Å². The van der Waals surface area contributed by atoms with Crippen molar-refractivity contribution in [2.75, 3.05) is 34.4 Å². The van der Waals surface area contributed by atoms with Crippen molar-refractivity contribution >= 4 is 5.91 Å². The molecule has 0 fully saturated rings. The lowest BCUT2D eigenvalue weighted by Gasteiger charge is -2.27. The smallest absolute Gasteiger partial charge is 0.226 e. The van der Waals surface area contributed by atoms with Crippen molar-refractivity contribution in [2.45, 2.75) is 19.9 Å². The van der Waals surface area contributed by atoms with Gasteiger partial charge in [-0.1, -0.05) is 6.92 Å². The summed E-state index contributed by atoms with van der Waals surface area (Å²) < 4.78 is 5.01. The first-order valence-electron chi connectivity index (χ1n) is 4.94. The first-order valence-corrected chi connectivity index (χ1v) is 4.94. The zero-order valence-corrected chi connectivity index (χ0v) is 9.83. The molecular formula is C10H22N2O2. The van der Waals surface area contributed by atoms with Crippen LogP contribution in [0.5, 0.6) is 0 Å². The number of nitrogens with one attached hydrogen (secondary N) is 1. The molecule has 0 saturated carbocycles. The largest absolute Gasteiger partial charge is 0.383 e. The molecule has 0 aliphatic carbocycles. The Bertz CT molecular complexity index is 174. The minimum atomic E-state index is 0.0179. The Morgan fingerprint density at radius 3 is 2.50 bits per heavy atom. The molecule has 0 aliphatic rings. The van der Waals surface area contributed by atoms with Crippen LogP contribution in [0.1, 0.15) is 13.8 Å². The van der Waals surface area contributed by atoms with Gasteiger partial charge in [0.15, 0.2) is 0 Å². The van der Waals surface area contributed by atoms with Crippen LogP contribution in [0.4, 0.5) is 0 Å². The van der Waals surface area contributed by atoms with Gasteiger partial charge >= 0.3 is 0 Å². The molecule has 1 N–H and O–H groups in total. The Balaban J connectivity index is 4.09. The van der Waals surface area contributed by atoms with Crippen LogP contribution >= 0.6 is 0 Å². The second kappa shape index (κ2) is 6.79. The highest BCUT2D eigenvalue weighted by molar-refractivity contribution is 5.78. The monoisotopic (exact) mass is 202 g/mol. The van der Waals surface area contributed by atoms with Crippen LogP contribution in [0, 0.1) is 5.92 Å². The summed E-state index contributed by atoms with van der Waals surface area (Å²) in [6.07, 6.45) is 0. The summed E-state index contributed by atoms with van der Waals surface area (Å²) in [7, 11) is 5.31. The van der Waals surface area contributed by atoms with E-state index in [9.17, 15) is 4.79 Å². The number of hydrogen-bond donors (Lipinski definition) is 1. The Morgan fingerprint density at radius 2 is 2.07 bits per heavy atom. The van der Waals surface area contributed by atoms with Gasteiger partial charge in [-0.15, -0.1) is 0 Å². The molecular weight excluding hydrogens is 180 g/mol. The predicted octanol–water partition coefficient (Wildman–Crippen LogP) is 0.335. The van der Waals surface area contributed by atoms with Crippen LogP contribution < -0.4 is 5.32 Å². The van der Waals surface area contributed by atoms with E-state index in [1.807, 2.05) is 27.9 Å². The first kappa shape index (κ1) is 13.4. The predicted molar refractivity (Wildman–Crippen MR) is 57.2 cm³/mol. The quantitative estimate of drug-likeness (QED) is 0.675. The number of carbonyl (C=O) groups is 1. The minimum absolute atomic E-state index is 0.0179. The molecule has 2 unspecified atom stereocenters. The van der Waals surface area contributed by atoms with E-state index in [2.05, 4.69) is 5.32 Å². The third-order valence-electron chi connectivity index (χ3n) is 2.35. The summed E-state index contributed by atoms with van der Waals surface area (Å²) in [6.45, 7) is 5.19. The third kappa shape index (κ3) is 4.07. The van der Waals surface area contributed by atoms with E-state index in [0.717, 1.165) is 0 Å². The van der Waals surface area contributed by atoms with Gasteiger partial charge in [-0.05, 0) is 14.0 Å². The molecule has 14 heavy (non-hydrogen) atoms. The van der Waals surface area contributed by atoms with Gasteiger partial charge in [-0.2, -0.15) is 0 Å². The van der Waals surface area contributed by atoms with Crippen molar-refractivity contribution in [3.05, 3.63) is 0 Å². The number of methoxy groups -OCH3 is 1. The maximum absolute atomic E-state index is 11.8. The summed E-state index contributed by atoms with van der Waals surface area (Å²) in [6, 6.07) is 0.131. The van der Waals surface area contributed by atoms with Crippen molar-refractivity contribution in [1.82, 2.24) is 10.2 Å². The van der Waals surface area contributed by atoms with Crippen molar-refractivity contribution in [3.63, 3.8) is 0 Å². The molecule has 0 bridgehead atoms. The molecule has 0 spiro atoms. The van der Waals surface area contributed by atoms with Crippen LogP contribution in [0.3, 0.4) is 0 Å². The Kier molecular flexibility index (Phi) is 6.49. The van der Waals surface area contributed by atoms with E-state index in [1.165, 1.54) is 0 Å².